The molecule has 5 aromatic rings. The highest BCUT2D eigenvalue weighted by molar-refractivity contribution is 6.32. The number of carbonyl (C=O) groups excluding carboxylic acids is 1. The molecule has 286 valence electrons. The van der Waals surface area contributed by atoms with Crippen LogP contribution in [0.4, 0.5) is 5.69 Å². The lowest BCUT2D eigenvalue weighted by Crippen LogP contribution is -2.44. The number of aliphatic imine (C=N–C) groups is 1. The van der Waals surface area contributed by atoms with Crippen molar-refractivity contribution in [1.29, 1.82) is 5.26 Å². The molecule has 4 heterocycles. The highest BCUT2D eigenvalue weighted by Crippen LogP contribution is 2.34. The van der Waals surface area contributed by atoms with Crippen molar-refractivity contribution >= 4 is 35.0 Å². The van der Waals surface area contributed by atoms with Crippen molar-refractivity contribution in [2.45, 2.75) is 58.8 Å². The number of hydrogen-bond acceptors (Lipinski definition) is 11. The van der Waals surface area contributed by atoms with Gasteiger partial charge in [0.1, 0.15) is 41.9 Å². The number of pyridine rings is 3. The van der Waals surface area contributed by atoms with Crippen molar-refractivity contribution < 1.29 is 29.3 Å². The molecule has 1 aliphatic heterocycles. The van der Waals surface area contributed by atoms with Crippen LogP contribution in [0.15, 0.2) is 84.2 Å². The average molecular weight is 774 g/mol. The van der Waals surface area contributed by atoms with Crippen LogP contribution in [-0.4, -0.2) is 62.1 Å². The number of carboxylic acid groups (broad SMARTS) is 1. The van der Waals surface area contributed by atoms with Crippen molar-refractivity contribution in [2.75, 3.05) is 18.5 Å². The summed E-state index contributed by atoms with van der Waals surface area (Å²) in [4.78, 5) is 42.5. The van der Waals surface area contributed by atoms with Gasteiger partial charge in [-0.15, -0.1) is 0 Å². The molecule has 3 aromatic heterocycles. The molecule has 14 heteroatoms. The number of aromatic nitrogens is 3. The monoisotopic (exact) mass is 773 g/mol. The van der Waals surface area contributed by atoms with E-state index in [-0.39, 0.29) is 54.9 Å². The summed E-state index contributed by atoms with van der Waals surface area (Å²) in [5, 5.41) is 34.1. The molecule has 0 fully saturated rings. The smallest absolute Gasteiger partial charge is 0.326 e. The topological polar surface area (TPSA) is 192 Å². The zero-order chi connectivity index (χ0) is 39.6. The Labute approximate surface area is 329 Å². The molecule has 1 aliphatic rings. The number of aliphatic hydroxyl groups excluding tert-OH is 1. The Hall–Kier alpha value is -6.36. The number of carbonyl (C=O) groups is 2. The third kappa shape index (κ3) is 9.46. The number of rotatable bonds is 15. The predicted octanol–water partition coefficient (Wildman–Crippen LogP) is 6.60. The Balaban J connectivity index is 1.21. The highest BCUT2D eigenvalue weighted by Gasteiger charge is 2.26. The lowest BCUT2D eigenvalue weighted by Gasteiger charge is -2.23. The molecule has 0 spiro atoms. The Bertz CT molecular complexity index is 2310. The summed E-state index contributed by atoms with van der Waals surface area (Å²) in [7, 11) is 0. The average Bonchev–Trinajstić information content (AvgIpc) is 3.21. The van der Waals surface area contributed by atoms with Gasteiger partial charge in [-0.25, -0.2) is 4.79 Å². The second-order valence-corrected chi connectivity index (χ2v) is 13.6. The number of aryl methyl sites for hydroxylation is 1. The van der Waals surface area contributed by atoms with E-state index in [1.807, 2.05) is 56.3 Å². The van der Waals surface area contributed by atoms with E-state index in [4.69, 9.17) is 26.2 Å². The van der Waals surface area contributed by atoms with E-state index in [0.717, 1.165) is 52.6 Å². The number of benzene rings is 2. The number of nitriles is 1. The number of carboxylic acids is 1. The molecular formula is C42H40ClN7O6. The molecule has 0 radical (unpaired) electrons. The van der Waals surface area contributed by atoms with E-state index in [1.165, 1.54) is 6.20 Å². The van der Waals surface area contributed by atoms with Gasteiger partial charge in [-0.05, 0) is 97.2 Å². The van der Waals surface area contributed by atoms with Crippen LogP contribution in [0.5, 0.6) is 11.8 Å². The van der Waals surface area contributed by atoms with Gasteiger partial charge in [0.2, 0.25) is 11.8 Å². The first-order chi connectivity index (χ1) is 27.1. The van der Waals surface area contributed by atoms with Crippen LogP contribution in [-0.2, 0) is 24.4 Å². The van der Waals surface area contributed by atoms with Gasteiger partial charge in [0, 0.05) is 43.0 Å². The summed E-state index contributed by atoms with van der Waals surface area (Å²) in [5.41, 5.74) is 7.91. The first-order valence-electron chi connectivity index (χ1n) is 18.0. The maximum atomic E-state index is 13.2. The first kappa shape index (κ1) is 39.3. The third-order valence-electron chi connectivity index (χ3n) is 9.37. The number of nitrogens with one attached hydrogen (secondary N) is 2. The van der Waals surface area contributed by atoms with Crippen molar-refractivity contribution in [2.24, 2.45) is 4.99 Å². The normalized spacial score (nSPS) is 13.6. The van der Waals surface area contributed by atoms with Crippen LogP contribution in [0.25, 0.3) is 11.1 Å². The number of ether oxygens (including phenoxy) is 2. The van der Waals surface area contributed by atoms with Gasteiger partial charge in [0.15, 0.2) is 0 Å². The van der Waals surface area contributed by atoms with Gasteiger partial charge in [-0.3, -0.25) is 19.8 Å². The lowest BCUT2D eigenvalue weighted by atomic mass is 9.93. The van der Waals surface area contributed by atoms with Gasteiger partial charge in [-0.1, -0.05) is 48.0 Å². The molecular weight excluding hydrogens is 734 g/mol. The molecule has 1 amide bonds. The molecule has 4 N–H and O–H groups in total. The Morgan fingerprint density at radius 3 is 2.48 bits per heavy atom. The van der Waals surface area contributed by atoms with Gasteiger partial charge < -0.3 is 30.3 Å². The van der Waals surface area contributed by atoms with Crippen molar-refractivity contribution in [3.63, 3.8) is 0 Å². The second kappa shape index (κ2) is 18.3. The first-order valence-corrected chi connectivity index (χ1v) is 18.4. The molecule has 0 saturated heterocycles. The van der Waals surface area contributed by atoms with Gasteiger partial charge in [0.05, 0.1) is 11.1 Å². The fraction of sp³-hybridized carbons (Fsp3) is 0.262. The summed E-state index contributed by atoms with van der Waals surface area (Å²) >= 11 is 6.73. The second-order valence-electron chi connectivity index (χ2n) is 13.2. The van der Waals surface area contributed by atoms with E-state index in [0.29, 0.717) is 34.5 Å². The highest BCUT2D eigenvalue weighted by atomic mass is 35.5. The lowest BCUT2D eigenvalue weighted by molar-refractivity contribution is -0.139. The minimum Gasteiger partial charge on any atom is -0.480 e. The predicted molar refractivity (Wildman–Crippen MR) is 211 cm³/mol. The summed E-state index contributed by atoms with van der Waals surface area (Å²) in [6.45, 7) is 4.50. The maximum Gasteiger partial charge on any atom is 0.326 e. The number of aliphatic carboxylic acids is 1. The Morgan fingerprint density at radius 2 is 1.73 bits per heavy atom. The van der Waals surface area contributed by atoms with Crippen LogP contribution in [0, 0.1) is 25.2 Å². The number of anilines is 1. The molecule has 56 heavy (non-hydrogen) atoms. The van der Waals surface area contributed by atoms with Crippen molar-refractivity contribution in [1.82, 2.24) is 20.3 Å². The fourth-order valence-corrected chi connectivity index (χ4v) is 6.43. The van der Waals surface area contributed by atoms with Crippen LogP contribution < -0.4 is 20.1 Å². The largest absolute Gasteiger partial charge is 0.480 e. The number of hydrogen-bond donors (Lipinski definition) is 4. The standard InChI is InChI=1S/C42H40ClN7O6/c1-25-30(8-5-9-31(25)32-10-6-11-35(26(32)2)49-39(52)36-13-12-27(22-47-36)7-3-4-16-51)24-56-41-34(43)18-33(38-46-15-14-37(48-38)42(53)54)40(50-41)55-23-29-17-28(19-44)20-45-21-29/h5-6,8-13,17-18,20-22,37,51H,3-4,7,14-16,23-24H2,1-2H3,(H,46,48)(H,49,52)(H,53,54). The zero-order valence-corrected chi connectivity index (χ0v) is 31.6. The van der Waals surface area contributed by atoms with Crippen LogP contribution >= 0.6 is 11.6 Å². The molecule has 0 saturated carbocycles. The minimum atomic E-state index is -1.01. The molecule has 1 atom stereocenters. The summed E-state index contributed by atoms with van der Waals surface area (Å²) in [6.07, 6.45) is 7.40. The number of nitrogens with zero attached hydrogens (tertiary/aromatic N) is 5. The summed E-state index contributed by atoms with van der Waals surface area (Å²) in [5.74, 6) is -0.843. The number of amidine groups is 1. The van der Waals surface area contributed by atoms with Gasteiger partial charge >= 0.3 is 5.97 Å². The summed E-state index contributed by atoms with van der Waals surface area (Å²) < 4.78 is 12.3. The Kier molecular flexibility index (Phi) is 12.9. The van der Waals surface area contributed by atoms with E-state index in [9.17, 15) is 20.0 Å². The van der Waals surface area contributed by atoms with Crippen LogP contribution in [0.1, 0.15) is 68.7 Å². The van der Waals surface area contributed by atoms with Gasteiger partial charge in [-0.2, -0.15) is 10.2 Å². The molecule has 13 nitrogen and oxygen atoms in total. The van der Waals surface area contributed by atoms with Crippen molar-refractivity contribution in [3.05, 3.63) is 129 Å². The zero-order valence-electron chi connectivity index (χ0n) is 30.9. The van der Waals surface area contributed by atoms with E-state index < -0.39 is 12.0 Å². The van der Waals surface area contributed by atoms with Crippen molar-refractivity contribution in [3.8, 4) is 29.0 Å². The minimum absolute atomic E-state index is 0.00811. The van der Waals surface area contributed by atoms with E-state index >= 15 is 0 Å². The van der Waals surface area contributed by atoms with E-state index in [2.05, 4.69) is 36.6 Å². The Morgan fingerprint density at radius 1 is 0.946 bits per heavy atom. The third-order valence-corrected chi connectivity index (χ3v) is 9.64. The number of unbranched alkanes of at least 4 members (excludes halogenated alkanes) is 1. The van der Waals surface area contributed by atoms with E-state index in [1.54, 1.807) is 30.6 Å². The quantitative estimate of drug-likeness (QED) is 0.0839. The molecule has 2 aromatic carbocycles. The summed E-state index contributed by atoms with van der Waals surface area (Å²) in [6, 6.07) is 19.7. The maximum absolute atomic E-state index is 13.2. The molecule has 0 aliphatic carbocycles. The van der Waals surface area contributed by atoms with Crippen LogP contribution in [0.2, 0.25) is 5.02 Å². The van der Waals surface area contributed by atoms with Crippen LogP contribution in [0.3, 0.4) is 0 Å². The SMILES string of the molecule is Cc1c(COc2nc(OCc3cncc(C#N)c3)c(C3=NCCC(C(=O)O)N3)cc2Cl)cccc1-c1cccc(NC(=O)c2ccc(CCCCO)cn2)c1C. The number of aliphatic hydroxyl groups is 1. The fourth-order valence-electron chi connectivity index (χ4n) is 6.23. The van der Waals surface area contributed by atoms with Gasteiger partial charge in [0.25, 0.3) is 5.91 Å². The number of halogens is 1. The molecule has 0 bridgehead atoms. The number of amides is 1. The molecule has 6 rings (SSSR count). The molecule has 1 unspecified atom stereocenters.